The maximum atomic E-state index is 5.13. The molecule has 0 radical (unpaired) electrons. The number of rotatable bonds is 10. The van der Waals surface area contributed by atoms with E-state index in [1.807, 2.05) is 24.4 Å². The summed E-state index contributed by atoms with van der Waals surface area (Å²) in [4.78, 5) is 9.24. The zero-order valence-corrected chi connectivity index (χ0v) is 31.8. The molecule has 0 atom stereocenters. The molecule has 2 heteroatoms. The lowest BCUT2D eigenvalue weighted by Crippen LogP contribution is -1.98. The molecular weight excluding hydrogens is 677 g/mol. The lowest BCUT2D eigenvalue weighted by Gasteiger charge is -2.15. The van der Waals surface area contributed by atoms with Crippen LogP contribution < -0.4 is 0 Å². The third-order valence-corrected chi connectivity index (χ3v) is 10.6. The predicted molar refractivity (Wildman–Crippen MR) is 241 cm³/mol. The van der Waals surface area contributed by atoms with Crippen molar-refractivity contribution in [3.05, 3.63) is 239 Å². The van der Waals surface area contributed by atoms with Crippen LogP contribution in [0.25, 0.3) is 45.2 Å². The van der Waals surface area contributed by atoms with E-state index in [2.05, 4.69) is 201 Å². The molecule has 0 fully saturated rings. The summed E-state index contributed by atoms with van der Waals surface area (Å²) in [5.41, 5.74) is 19.1. The second-order valence-electron chi connectivity index (χ2n) is 14.2. The van der Waals surface area contributed by atoms with E-state index < -0.39 is 0 Å². The zero-order chi connectivity index (χ0) is 38.3. The van der Waals surface area contributed by atoms with Crippen LogP contribution in [-0.4, -0.2) is 11.6 Å². The molecule has 8 rings (SSSR count). The van der Waals surface area contributed by atoms with Crippen LogP contribution in [0, 0.1) is 6.92 Å². The largest absolute Gasteiger partial charge is 0.257 e. The second kappa shape index (κ2) is 16.5. The van der Waals surface area contributed by atoms with Gasteiger partial charge < -0.3 is 0 Å². The van der Waals surface area contributed by atoms with Crippen molar-refractivity contribution in [2.45, 2.75) is 26.2 Å². The summed E-state index contributed by atoms with van der Waals surface area (Å²) in [6, 6.07) is 37.3. The molecule has 2 nitrogen and oxygen atoms in total. The normalized spacial score (nSPS) is 15.4. The Morgan fingerprint density at radius 2 is 1.46 bits per heavy atom. The van der Waals surface area contributed by atoms with E-state index in [0.29, 0.717) is 5.92 Å². The number of hydrogen-bond acceptors (Lipinski definition) is 2. The molecule has 0 aromatic heterocycles. The van der Waals surface area contributed by atoms with Crippen LogP contribution >= 0.6 is 0 Å². The molecule has 56 heavy (non-hydrogen) atoms. The molecule has 0 saturated heterocycles. The van der Waals surface area contributed by atoms with Gasteiger partial charge in [-0.1, -0.05) is 170 Å². The van der Waals surface area contributed by atoms with Crippen LogP contribution in [0.4, 0.5) is 0 Å². The van der Waals surface area contributed by atoms with Crippen LogP contribution in [0.5, 0.6) is 0 Å². The van der Waals surface area contributed by atoms with E-state index >= 15 is 0 Å². The van der Waals surface area contributed by atoms with Gasteiger partial charge in [-0.3, -0.25) is 4.99 Å². The highest BCUT2D eigenvalue weighted by Crippen LogP contribution is 2.35. The van der Waals surface area contributed by atoms with E-state index in [1.165, 1.54) is 49.7 Å². The topological polar surface area (TPSA) is 24.7 Å². The fraction of sp³-hybridized carbons (Fsp3) is 0.0741. The van der Waals surface area contributed by atoms with Crippen molar-refractivity contribution in [1.82, 2.24) is 0 Å². The second-order valence-corrected chi connectivity index (χ2v) is 14.2. The van der Waals surface area contributed by atoms with Gasteiger partial charge in [0.1, 0.15) is 0 Å². The first kappa shape index (κ1) is 35.9. The molecule has 2 heterocycles. The van der Waals surface area contributed by atoms with Gasteiger partial charge in [-0.2, -0.15) is 0 Å². The summed E-state index contributed by atoms with van der Waals surface area (Å²) in [5, 5.41) is 2.42. The van der Waals surface area contributed by atoms with E-state index in [9.17, 15) is 0 Å². The Kier molecular flexibility index (Phi) is 10.6. The first-order chi connectivity index (χ1) is 27.5. The van der Waals surface area contributed by atoms with Crippen molar-refractivity contribution in [3.63, 3.8) is 0 Å². The molecule has 0 spiro atoms. The molecule has 0 bridgehead atoms. The monoisotopic (exact) mass is 718 g/mol. The number of fused-ring (bicyclic) bond motifs is 1. The molecule has 0 N–H and O–H groups in total. The average Bonchev–Trinajstić information content (AvgIpc) is 3.41. The van der Waals surface area contributed by atoms with Gasteiger partial charge in [0.05, 0.1) is 5.71 Å². The van der Waals surface area contributed by atoms with E-state index in [1.54, 1.807) is 0 Å². The first-order valence-corrected chi connectivity index (χ1v) is 19.1. The summed E-state index contributed by atoms with van der Waals surface area (Å²) in [6.45, 7) is 8.29. The number of allylic oxidation sites excluding steroid dienone is 15. The molecule has 5 aromatic rings. The van der Waals surface area contributed by atoms with Crippen LogP contribution in [0.1, 0.15) is 58.2 Å². The maximum absolute atomic E-state index is 5.13. The molecule has 0 unspecified atom stereocenters. The first-order valence-electron chi connectivity index (χ1n) is 19.1. The maximum Gasteiger partial charge on any atom is 0.0523 e. The Bertz CT molecular complexity index is 2700. The molecular formula is C54H42N2. The van der Waals surface area contributed by atoms with Crippen LogP contribution in [-0.2, 0) is 0 Å². The van der Waals surface area contributed by atoms with E-state index in [0.717, 1.165) is 45.7 Å². The molecule has 0 amide bonds. The Hall–Kier alpha value is -7.08. The third kappa shape index (κ3) is 7.90. The molecule has 2 aliphatic heterocycles. The van der Waals surface area contributed by atoms with Gasteiger partial charge >= 0.3 is 0 Å². The van der Waals surface area contributed by atoms with Crippen molar-refractivity contribution in [1.29, 1.82) is 0 Å². The van der Waals surface area contributed by atoms with Gasteiger partial charge in [0.15, 0.2) is 0 Å². The highest BCUT2D eigenvalue weighted by Gasteiger charge is 2.18. The van der Waals surface area contributed by atoms with Crippen molar-refractivity contribution in [2.75, 3.05) is 0 Å². The highest BCUT2D eigenvalue weighted by atomic mass is 14.8. The minimum Gasteiger partial charge on any atom is -0.257 e. The van der Waals surface area contributed by atoms with Crippen LogP contribution in [0.3, 0.4) is 0 Å². The summed E-state index contributed by atoms with van der Waals surface area (Å²) in [5.74, 6) is 3.03. The number of nitrogens with zero attached hydrogens (tertiary/aromatic N) is 2. The molecule has 3 aliphatic rings. The Morgan fingerprint density at radius 1 is 0.768 bits per heavy atom. The summed E-state index contributed by atoms with van der Waals surface area (Å²) in [7, 11) is 0. The van der Waals surface area contributed by atoms with Crippen molar-refractivity contribution in [2.24, 2.45) is 9.98 Å². The Balaban J connectivity index is 1.09. The van der Waals surface area contributed by atoms with Crippen LogP contribution in [0.2, 0.25) is 0 Å². The standard InChI is InChI=1S/C54H42N2/c1-4-5-17-51-38(2)53(35-47-15-10-11-18-52(47)51)48(24-21-40-19-22-45(23-20-40)49-16-12-33-55-37-49)34-50-36-54(56-39(50)3)46-31-29-44(30-32-46)43-27-25-42(26-28-43)41-13-8-6-7-9-14-41/h4-11,13-32,34-35,37,41H,1,36H2,2-3H3/b17-5-,24-21+,48-34+. The third-order valence-electron chi connectivity index (χ3n) is 10.6. The van der Waals surface area contributed by atoms with Gasteiger partial charge in [-0.25, -0.2) is 4.99 Å². The molecule has 268 valence electrons. The van der Waals surface area contributed by atoms with E-state index in [4.69, 9.17) is 4.99 Å². The average molecular weight is 719 g/mol. The van der Waals surface area contributed by atoms with Gasteiger partial charge in [0, 0.05) is 35.7 Å². The van der Waals surface area contributed by atoms with Gasteiger partial charge in [-0.05, 0) is 110 Å². The fourth-order valence-corrected chi connectivity index (χ4v) is 7.46. The predicted octanol–water partition coefficient (Wildman–Crippen LogP) is 13.8. The summed E-state index contributed by atoms with van der Waals surface area (Å²) in [6.07, 6.45) is 30.1. The number of benzene rings is 5. The van der Waals surface area contributed by atoms with E-state index in [-0.39, 0.29) is 0 Å². The van der Waals surface area contributed by atoms with Crippen LogP contribution in [0.15, 0.2) is 210 Å². The Labute approximate surface area is 330 Å². The quantitative estimate of drug-likeness (QED) is 0.101. The van der Waals surface area contributed by atoms with Gasteiger partial charge in [-0.15, -0.1) is 0 Å². The summed E-state index contributed by atoms with van der Waals surface area (Å²) >= 11 is 0. The minimum absolute atomic E-state index is 0.292. The van der Waals surface area contributed by atoms with Crippen molar-refractivity contribution < 1.29 is 0 Å². The SMILES string of the molecule is C=C/C=C\c1c(C)c(C(/C=C/c2ccc(C3=CN=C=C=C3)cc2)=C/C2=C(C)N=C(c3ccc(-c4ccc(C5C=CC=CC=C5)cc4)cc3)C2)cc2ccccc12. The lowest BCUT2D eigenvalue weighted by atomic mass is 9.89. The molecule has 1 aliphatic carbocycles. The smallest absolute Gasteiger partial charge is 0.0523 e. The van der Waals surface area contributed by atoms with Crippen molar-refractivity contribution >= 4 is 45.7 Å². The zero-order valence-electron chi connectivity index (χ0n) is 31.8. The van der Waals surface area contributed by atoms with Gasteiger partial charge in [0.2, 0.25) is 0 Å². The van der Waals surface area contributed by atoms with Crippen molar-refractivity contribution in [3.8, 4) is 11.1 Å². The minimum atomic E-state index is 0.292. The van der Waals surface area contributed by atoms with Gasteiger partial charge in [0.25, 0.3) is 0 Å². The fourth-order valence-electron chi connectivity index (χ4n) is 7.46. The number of aliphatic imine (C=N–C) groups is 2. The number of hydrogen-bond donors (Lipinski definition) is 0. The lowest BCUT2D eigenvalue weighted by molar-refractivity contribution is 1.09. The Morgan fingerprint density at radius 3 is 2.18 bits per heavy atom. The summed E-state index contributed by atoms with van der Waals surface area (Å²) < 4.78 is 0. The highest BCUT2D eigenvalue weighted by molar-refractivity contribution is 6.05. The molecule has 0 saturated carbocycles. The molecule has 5 aromatic carbocycles.